The van der Waals surface area contributed by atoms with Crippen LogP contribution in [0.3, 0.4) is 0 Å². The average Bonchev–Trinajstić information content (AvgIpc) is 2.48. The van der Waals surface area contributed by atoms with Crippen LogP contribution in [-0.4, -0.2) is 16.8 Å². The van der Waals surface area contributed by atoms with Crippen LogP contribution in [0.25, 0.3) is 0 Å². The molecule has 0 aliphatic heterocycles. The van der Waals surface area contributed by atoms with Crippen molar-refractivity contribution < 1.29 is 9.59 Å². The van der Waals surface area contributed by atoms with Crippen LogP contribution in [0.2, 0.25) is 10.2 Å². The lowest BCUT2D eigenvalue weighted by Gasteiger charge is -2.07. The predicted molar refractivity (Wildman–Crippen MR) is 81.2 cm³/mol. The number of nitrogens with one attached hydrogen (secondary N) is 2. The van der Waals surface area contributed by atoms with Gasteiger partial charge in [-0.05, 0) is 29.8 Å². The smallest absolute Gasteiger partial charge is 0.313 e. The first-order chi connectivity index (χ1) is 10.1. The molecule has 2 amide bonds. The molecule has 0 radical (unpaired) electrons. The van der Waals surface area contributed by atoms with Gasteiger partial charge in [-0.25, -0.2) is 4.98 Å². The van der Waals surface area contributed by atoms with Gasteiger partial charge in [-0.15, -0.1) is 0 Å². The number of aromatic nitrogens is 1. The van der Waals surface area contributed by atoms with E-state index in [-0.39, 0.29) is 17.4 Å². The maximum Gasteiger partial charge on any atom is 0.313 e. The number of nitrogens with zero attached hydrogens (tertiary/aromatic N) is 1. The van der Waals surface area contributed by atoms with E-state index in [4.69, 9.17) is 23.2 Å². The summed E-state index contributed by atoms with van der Waals surface area (Å²) in [6, 6.07) is 10.1. The van der Waals surface area contributed by atoms with E-state index in [1.165, 1.54) is 6.20 Å². The molecule has 2 rings (SSSR count). The normalized spacial score (nSPS) is 10.0. The Labute approximate surface area is 131 Å². The molecule has 0 fully saturated rings. The quantitative estimate of drug-likeness (QED) is 0.673. The van der Waals surface area contributed by atoms with Gasteiger partial charge in [0.2, 0.25) is 0 Å². The summed E-state index contributed by atoms with van der Waals surface area (Å²) in [5.41, 5.74) is 1.12. The molecular weight excluding hydrogens is 313 g/mol. The van der Waals surface area contributed by atoms with Crippen molar-refractivity contribution in [2.24, 2.45) is 0 Å². The van der Waals surface area contributed by atoms with Gasteiger partial charge in [0.25, 0.3) is 0 Å². The van der Waals surface area contributed by atoms with Gasteiger partial charge in [0.05, 0.1) is 5.69 Å². The van der Waals surface area contributed by atoms with Crippen molar-refractivity contribution in [3.8, 4) is 0 Å². The maximum absolute atomic E-state index is 11.7. The molecule has 108 valence electrons. The van der Waals surface area contributed by atoms with Crippen LogP contribution in [-0.2, 0) is 16.1 Å². The summed E-state index contributed by atoms with van der Waals surface area (Å²) in [7, 11) is 0. The van der Waals surface area contributed by atoms with E-state index < -0.39 is 11.8 Å². The summed E-state index contributed by atoms with van der Waals surface area (Å²) in [5.74, 6) is -1.57. The van der Waals surface area contributed by atoms with Gasteiger partial charge in [0.1, 0.15) is 0 Å². The Morgan fingerprint density at radius 1 is 1.05 bits per heavy atom. The first-order valence-corrected chi connectivity index (χ1v) is 6.76. The lowest BCUT2D eigenvalue weighted by molar-refractivity contribution is -0.136. The van der Waals surface area contributed by atoms with E-state index >= 15 is 0 Å². The summed E-state index contributed by atoms with van der Waals surface area (Å²) in [5, 5.41) is 5.62. The van der Waals surface area contributed by atoms with Crippen LogP contribution in [0.5, 0.6) is 0 Å². The highest BCUT2D eigenvalue weighted by Crippen LogP contribution is 2.17. The minimum Gasteiger partial charge on any atom is -0.344 e. The molecule has 7 heteroatoms. The van der Waals surface area contributed by atoms with Crippen molar-refractivity contribution in [2.45, 2.75) is 6.54 Å². The maximum atomic E-state index is 11.7. The summed E-state index contributed by atoms with van der Waals surface area (Å²) in [6.07, 6.45) is 1.48. The molecule has 1 aromatic carbocycles. The molecule has 0 unspecified atom stereocenters. The van der Waals surface area contributed by atoms with Gasteiger partial charge in [0, 0.05) is 17.8 Å². The van der Waals surface area contributed by atoms with E-state index in [2.05, 4.69) is 15.6 Å². The molecule has 0 spiro atoms. The summed E-state index contributed by atoms with van der Waals surface area (Å²) >= 11 is 11.6. The van der Waals surface area contributed by atoms with Crippen LogP contribution in [0, 0.1) is 0 Å². The molecule has 1 aromatic heterocycles. The number of halogens is 2. The Balaban J connectivity index is 1.90. The largest absolute Gasteiger partial charge is 0.344 e. The lowest BCUT2D eigenvalue weighted by atomic mass is 10.2. The predicted octanol–water partition coefficient (Wildman–Crippen LogP) is 2.64. The number of carbonyl (C=O) groups excluding carboxylic acids is 2. The highest BCUT2D eigenvalue weighted by molar-refractivity contribution is 6.41. The van der Waals surface area contributed by atoms with Gasteiger partial charge >= 0.3 is 11.8 Å². The third-order valence-electron chi connectivity index (χ3n) is 2.58. The average molecular weight is 324 g/mol. The Bertz CT molecular complexity index is 660. The van der Waals surface area contributed by atoms with E-state index in [9.17, 15) is 9.59 Å². The first-order valence-electron chi connectivity index (χ1n) is 6.00. The third-order valence-corrected chi connectivity index (χ3v) is 3.13. The van der Waals surface area contributed by atoms with Crippen molar-refractivity contribution >= 4 is 40.7 Å². The van der Waals surface area contributed by atoms with E-state index in [1.54, 1.807) is 36.4 Å². The van der Waals surface area contributed by atoms with Gasteiger partial charge in [-0.1, -0.05) is 35.3 Å². The fourth-order valence-electron chi connectivity index (χ4n) is 1.52. The first kappa shape index (κ1) is 15.3. The molecule has 0 aliphatic rings. The fraction of sp³-hybridized carbons (Fsp3) is 0.0714. The Morgan fingerprint density at radius 3 is 2.43 bits per heavy atom. The molecule has 21 heavy (non-hydrogen) atoms. The van der Waals surface area contributed by atoms with Gasteiger partial charge < -0.3 is 10.6 Å². The highest BCUT2D eigenvalue weighted by atomic mass is 35.5. The van der Waals surface area contributed by atoms with Crippen molar-refractivity contribution in [3.63, 3.8) is 0 Å². The number of anilines is 1. The molecule has 2 N–H and O–H groups in total. The summed E-state index contributed by atoms with van der Waals surface area (Å²) < 4.78 is 0. The number of hydrogen-bond donors (Lipinski definition) is 2. The molecular formula is C14H11Cl2N3O2. The topological polar surface area (TPSA) is 71.1 Å². The zero-order chi connectivity index (χ0) is 15.2. The van der Waals surface area contributed by atoms with Gasteiger partial charge in [-0.2, -0.15) is 0 Å². The van der Waals surface area contributed by atoms with Gasteiger partial charge in [-0.3, -0.25) is 9.59 Å². The van der Waals surface area contributed by atoms with Crippen LogP contribution in [0.15, 0.2) is 42.6 Å². The SMILES string of the molecule is O=C(NCc1ccc(Cl)cc1)C(=O)Nc1cccnc1Cl. The summed E-state index contributed by atoms with van der Waals surface area (Å²) in [4.78, 5) is 27.2. The molecule has 1 heterocycles. The highest BCUT2D eigenvalue weighted by Gasteiger charge is 2.14. The minimum atomic E-state index is -0.807. The van der Waals surface area contributed by atoms with Gasteiger partial charge in [0.15, 0.2) is 5.15 Å². The molecule has 2 aromatic rings. The van der Waals surface area contributed by atoms with E-state index in [1.807, 2.05) is 0 Å². The summed E-state index contributed by atoms with van der Waals surface area (Å²) in [6.45, 7) is 0.226. The molecule has 0 bridgehead atoms. The monoisotopic (exact) mass is 323 g/mol. The van der Waals surface area contributed by atoms with E-state index in [0.717, 1.165) is 5.56 Å². The number of hydrogen-bond acceptors (Lipinski definition) is 3. The molecule has 0 atom stereocenters. The Kier molecular flexibility index (Phi) is 5.14. The number of carbonyl (C=O) groups is 2. The second kappa shape index (κ2) is 7.06. The van der Waals surface area contributed by atoms with Crippen LogP contribution < -0.4 is 10.6 Å². The van der Waals surface area contributed by atoms with Crippen LogP contribution in [0.1, 0.15) is 5.56 Å². The third kappa shape index (κ3) is 4.44. The number of amides is 2. The second-order valence-corrected chi connectivity index (χ2v) is 4.90. The molecule has 0 aliphatic carbocycles. The standard InChI is InChI=1S/C14H11Cl2N3O2/c15-10-5-3-9(4-6-10)8-18-13(20)14(21)19-11-2-1-7-17-12(11)16/h1-7H,8H2,(H,18,20)(H,19,21). The zero-order valence-electron chi connectivity index (χ0n) is 10.8. The van der Waals surface area contributed by atoms with E-state index in [0.29, 0.717) is 5.02 Å². The zero-order valence-corrected chi connectivity index (χ0v) is 12.3. The Hall–Kier alpha value is -2.11. The molecule has 0 saturated carbocycles. The fourth-order valence-corrected chi connectivity index (χ4v) is 1.82. The number of benzene rings is 1. The van der Waals surface area contributed by atoms with Crippen molar-refractivity contribution in [3.05, 3.63) is 58.3 Å². The molecule has 0 saturated heterocycles. The second-order valence-electron chi connectivity index (χ2n) is 4.11. The minimum absolute atomic E-state index is 0.122. The number of pyridine rings is 1. The van der Waals surface area contributed by atoms with Crippen molar-refractivity contribution in [2.75, 3.05) is 5.32 Å². The van der Waals surface area contributed by atoms with Crippen molar-refractivity contribution in [1.29, 1.82) is 0 Å². The Morgan fingerprint density at radius 2 is 1.76 bits per heavy atom. The van der Waals surface area contributed by atoms with Crippen LogP contribution >= 0.6 is 23.2 Å². The lowest BCUT2D eigenvalue weighted by Crippen LogP contribution is -2.35. The molecule has 5 nitrogen and oxygen atoms in total. The number of rotatable bonds is 3. The van der Waals surface area contributed by atoms with Crippen molar-refractivity contribution in [1.82, 2.24) is 10.3 Å². The van der Waals surface area contributed by atoms with Crippen LogP contribution in [0.4, 0.5) is 5.69 Å².